The fraction of sp³-hybridized carbons (Fsp3) is 0.526. The highest BCUT2D eigenvalue weighted by Crippen LogP contribution is 2.38. The molecule has 0 bridgehead atoms. The lowest BCUT2D eigenvalue weighted by Crippen LogP contribution is -2.48. The molecule has 2 amide bonds. The molecular formula is C38H47FN4O7. The van der Waals surface area contributed by atoms with Crippen LogP contribution in [0, 0.1) is 11.8 Å². The van der Waals surface area contributed by atoms with E-state index in [1.807, 2.05) is 30.3 Å². The Morgan fingerprint density at radius 2 is 1.68 bits per heavy atom. The standard InChI is InChI=1S/C38H47FN4O7/c1-23(49-38(47)50-29-10-6-3-7-11-29)48-37(46)33-21-27-20-28(16-17-32(27)42-33)41-35(44)34-30(24-8-4-2-5-9-24)18-19-43(34)36(45)26-14-12-25(13-15-26)31(40)22-39/h2,4-5,8-9,16-17,20-21,23,25-26,29-31,34,42H,3,6-7,10-15,18-19,22,40H2,1H3,(H,41,44)/t23?,25?,26?,30-,31-,34+/m1/s1. The van der Waals surface area contributed by atoms with E-state index in [2.05, 4.69) is 10.3 Å². The number of anilines is 1. The molecule has 1 aliphatic heterocycles. The quantitative estimate of drug-likeness (QED) is 0.159. The largest absolute Gasteiger partial charge is 0.511 e. The third kappa shape index (κ3) is 8.29. The minimum absolute atomic E-state index is 0.0412. The number of fused-ring (bicyclic) bond motifs is 1. The molecule has 50 heavy (non-hydrogen) atoms. The van der Waals surface area contributed by atoms with Gasteiger partial charge in [-0.3, -0.25) is 9.59 Å². The van der Waals surface area contributed by atoms with Gasteiger partial charge >= 0.3 is 12.1 Å². The Balaban J connectivity index is 1.11. The van der Waals surface area contributed by atoms with Gasteiger partial charge in [0, 0.05) is 47.9 Å². The number of nitrogens with one attached hydrogen (secondary N) is 2. The van der Waals surface area contributed by atoms with Crippen LogP contribution in [0.15, 0.2) is 54.6 Å². The van der Waals surface area contributed by atoms with Crippen molar-refractivity contribution in [3.8, 4) is 0 Å². The van der Waals surface area contributed by atoms with Crippen LogP contribution in [0.25, 0.3) is 10.9 Å². The first-order valence-electron chi connectivity index (χ1n) is 17.9. The van der Waals surface area contributed by atoms with Gasteiger partial charge in [0.1, 0.15) is 24.5 Å². The van der Waals surface area contributed by atoms with Crippen molar-refractivity contribution in [3.05, 3.63) is 65.9 Å². The summed E-state index contributed by atoms with van der Waals surface area (Å²) in [6, 6.07) is 15.4. The molecule has 1 unspecified atom stereocenters. The highest BCUT2D eigenvalue weighted by Gasteiger charge is 2.45. The SMILES string of the molecule is CC(OC(=O)OC1CCCCC1)OC(=O)c1cc2cc(NC(=O)[C@@H]3[C@@H](c4ccccc4)CCN3C(=O)C3CCC([C@H](N)CF)CC3)ccc2[nH]1. The topological polar surface area (TPSA) is 153 Å². The first-order valence-corrected chi connectivity index (χ1v) is 17.9. The fourth-order valence-electron chi connectivity index (χ4n) is 7.83. The molecule has 12 heteroatoms. The maximum absolute atomic E-state index is 14.1. The van der Waals surface area contributed by atoms with Crippen LogP contribution in [0.3, 0.4) is 0 Å². The zero-order valence-corrected chi connectivity index (χ0v) is 28.5. The Kier molecular flexibility index (Phi) is 11.4. The first-order chi connectivity index (χ1) is 24.2. The third-order valence-electron chi connectivity index (χ3n) is 10.5. The molecule has 6 rings (SSSR count). The normalized spacial score (nSPS) is 23.9. The highest BCUT2D eigenvalue weighted by atomic mass is 19.1. The molecule has 0 spiro atoms. The number of nitrogens with two attached hydrogens (primary N) is 1. The van der Waals surface area contributed by atoms with Crippen LogP contribution >= 0.6 is 0 Å². The lowest BCUT2D eigenvalue weighted by atomic mass is 9.78. The lowest BCUT2D eigenvalue weighted by molar-refractivity contribution is -0.141. The van der Waals surface area contributed by atoms with E-state index in [-0.39, 0.29) is 41.4 Å². The van der Waals surface area contributed by atoms with Crippen molar-refractivity contribution < 1.29 is 37.8 Å². The van der Waals surface area contributed by atoms with Gasteiger partial charge in [-0.05, 0) is 93.5 Å². The summed E-state index contributed by atoms with van der Waals surface area (Å²) in [6.45, 7) is 1.34. The number of aromatic amines is 1. The van der Waals surface area contributed by atoms with Gasteiger partial charge < -0.3 is 35.1 Å². The fourth-order valence-corrected chi connectivity index (χ4v) is 7.83. The molecule has 4 atom stereocenters. The number of carbonyl (C=O) groups excluding carboxylic acids is 4. The van der Waals surface area contributed by atoms with E-state index >= 15 is 0 Å². The minimum Gasteiger partial charge on any atom is -0.431 e. The summed E-state index contributed by atoms with van der Waals surface area (Å²) >= 11 is 0. The van der Waals surface area contributed by atoms with Crippen LogP contribution in [0.1, 0.15) is 93.1 Å². The van der Waals surface area contributed by atoms with E-state index in [0.717, 1.165) is 37.7 Å². The predicted octanol–water partition coefficient (Wildman–Crippen LogP) is 6.58. The number of hydrogen-bond acceptors (Lipinski definition) is 8. The van der Waals surface area contributed by atoms with Gasteiger partial charge in [-0.1, -0.05) is 36.8 Å². The number of benzene rings is 2. The van der Waals surface area contributed by atoms with Crippen LogP contribution in [0.2, 0.25) is 0 Å². The van der Waals surface area contributed by atoms with Gasteiger partial charge in [-0.15, -0.1) is 0 Å². The summed E-state index contributed by atoms with van der Waals surface area (Å²) in [5.41, 5.74) is 8.25. The van der Waals surface area contributed by atoms with Crippen LogP contribution in [-0.4, -0.2) is 71.5 Å². The van der Waals surface area contributed by atoms with Gasteiger partial charge in [0.15, 0.2) is 0 Å². The maximum atomic E-state index is 14.1. The van der Waals surface area contributed by atoms with Crippen LogP contribution in [0.4, 0.5) is 14.9 Å². The summed E-state index contributed by atoms with van der Waals surface area (Å²) < 4.78 is 29.0. The number of amides is 2. The smallest absolute Gasteiger partial charge is 0.431 e. The number of rotatable bonds is 10. The third-order valence-corrected chi connectivity index (χ3v) is 10.5. The number of nitrogens with zero attached hydrogens (tertiary/aromatic N) is 1. The van der Waals surface area contributed by atoms with E-state index in [0.29, 0.717) is 55.2 Å². The van der Waals surface area contributed by atoms with Gasteiger partial charge in [-0.2, -0.15) is 0 Å². The molecule has 11 nitrogen and oxygen atoms in total. The molecule has 3 aromatic rings. The van der Waals surface area contributed by atoms with E-state index in [1.165, 1.54) is 6.92 Å². The molecule has 2 heterocycles. The number of H-pyrrole nitrogens is 1. The number of hydrogen-bond donors (Lipinski definition) is 3. The second kappa shape index (κ2) is 16.1. The summed E-state index contributed by atoms with van der Waals surface area (Å²) in [5.74, 6) is -1.39. The number of halogens is 1. The monoisotopic (exact) mass is 690 g/mol. The minimum atomic E-state index is -1.16. The average Bonchev–Trinajstić information content (AvgIpc) is 3.77. The highest BCUT2D eigenvalue weighted by molar-refractivity contribution is 6.01. The molecule has 2 aliphatic carbocycles. The van der Waals surface area contributed by atoms with Crippen molar-refractivity contribution in [3.63, 3.8) is 0 Å². The maximum Gasteiger partial charge on any atom is 0.511 e. The summed E-state index contributed by atoms with van der Waals surface area (Å²) in [4.78, 5) is 57.8. The lowest BCUT2D eigenvalue weighted by Gasteiger charge is -2.35. The van der Waals surface area contributed by atoms with Crippen LogP contribution < -0.4 is 11.1 Å². The molecule has 1 aromatic heterocycles. The van der Waals surface area contributed by atoms with E-state index in [1.54, 1.807) is 29.2 Å². The Morgan fingerprint density at radius 3 is 2.40 bits per heavy atom. The van der Waals surface area contributed by atoms with Gasteiger partial charge in [0.05, 0.1) is 0 Å². The van der Waals surface area contributed by atoms with Gasteiger partial charge in [0.25, 0.3) is 0 Å². The second-order valence-electron chi connectivity index (χ2n) is 13.9. The number of esters is 1. The van der Waals surface area contributed by atoms with Crippen LogP contribution in [0.5, 0.6) is 0 Å². The number of alkyl halides is 1. The summed E-state index contributed by atoms with van der Waals surface area (Å²) in [7, 11) is 0. The molecule has 2 aromatic carbocycles. The van der Waals surface area contributed by atoms with Crippen LogP contribution in [-0.2, 0) is 23.8 Å². The number of carbonyl (C=O) groups is 4. The Hall–Kier alpha value is -4.45. The molecule has 2 saturated carbocycles. The van der Waals surface area contributed by atoms with Crippen molar-refractivity contribution in [2.45, 2.75) is 102 Å². The molecule has 3 aliphatic rings. The van der Waals surface area contributed by atoms with Gasteiger partial charge in [-0.25, -0.2) is 14.0 Å². The van der Waals surface area contributed by atoms with E-state index < -0.39 is 37.2 Å². The second-order valence-corrected chi connectivity index (χ2v) is 13.9. The number of likely N-dealkylation sites (tertiary alicyclic amines) is 1. The molecule has 4 N–H and O–H groups in total. The molecule has 1 saturated heterocycles. The zero-order valence-electron chi connectivity index (χ0n) is 28.5. The molecule has 268 valence electrons. The Labute approximate surface area is 291 Å². The molecular weight excluding hydrogens is 643 g/mol. The van der Waals surface area contributed by atoms with Gasteiger partial charge in [0.2, 0.25) is 18.1 Å². The number of ether oxygens (including phenoxy) is 3. The summed E-state index contributed by atoms with van der Waals surface area (Å²) in [5, 5.41) is 3.68. The van der Waals surface area contributed by atoms with Crippen molar-refractivity contribution in [1.82, 2.24) is 9.88 Å². The van der Waals surface area contributed by atoms with Crippen molar-refractivity contribution in [2.24, 2.45) is 17.6 Å². The van der Waals surface area contributed by atoms with Crippen molar-refractivity contribution in [2.75, 3.05) is 18.5 Å². The Bertz CT molecular complexity index is 1650. The molecule has 0 radical (unpaired) electrons. The average molecular weight is 691 g/mol. The van der Waals surface area contributed by atoms with Crippen molar-refractivity contribution in [1.29, 1.82) is 0 Å². The molecule has 3 fully saturated rings. The first kappa shape index (κ1) is 35.4. The number of aromatic nitrogens is 1. The predicted molar refractivity (Wildman–Crippen MR) is 185 cm³/mol. The summed E-state index contributed by atoms with van der Waals surface area (Å²) in [6.07, 6.45) is 5.82. The zero-order chi connectivity index (χ0) is 35.2. The van der Waals surface area contributed by atoms with Crippen molar-refractivity contribution >= 4 is 40.5 Å². The van der Waals surface area contributed by atoms with E-state index in [9.17, 15) is 23.6 Å². The van der Waals surface area contributed by atoms with E-state index in [4.69, 9.17) is 19.9 Å². The Morgan fingerprint density at radius 1 is 0.940 bits per heavy atom.